The number of hydrogen-bond acceptors (Lipinski definition) is 5. The summed E-state index contributed by atoms with van der Waals surface area (Å²) in [7, 11) is 0. The molecule has 0 amide bonds. The zero-order valence-corrected chi connectivity index (χ0v) is 15.0. The summed E-state index contributed by atoms with van der Waals surface area (Å²) in [5, 5.41) is 0. The van der Waals surface area contributed by atoms with E-state index >= 15 is 0 Å². The van der Waals surface area contributed by atoms with Crippen LogP contribution in [0, 0.1) is 18.7 Å². The lowest BCUT2D eigenvalue weighted by atomic mass is 10.0. The highest BCUT2D eigenvalue weighted by Gasteiger charge is 2.34. The molecule has 8 heteroatoms. The first-order chi connectivity index (χ1) is 12.3. The van der Waals surface area contributed by atoms with Crippen LogP contribution in [-0.2, 0) is 0 Å². The maximum absolute atomic E-state index is 15.0. The van der Waals surface area contributed by atoms with Crippen LogP contribution in [0.4, 0.5) is 10.1 Å². The number of aromatic nitrogens is 2. The molecule has 2 aromatic heterocycles. The molecule has 2 aliphatic rings. The van der Waals surface area contributed by atoms with Gasteiger partial charge in [-0.05, 0) is 44.9 Å². The highest BCUT2D eigenvalue weighted by Crippen LogP contribution is 2.42. The van der Waals surface area contributed by atoms with E-state index in [0.717, 1.165) is 25.5 Å². The Labute approximate surface area is 150 Å². The van der Waals surface area contributed by atoms with Gasteiger partial charge in [0.25, 0.3) is 5.56 Å². The monoisotopic (exact) mass is 361 g/mol. The van der Waals surface area contributed by atoms with Crippen molar-refractivity contribution < 1.29 is 4.39 Å². The van der Waals surface area contributed by atoms with Gasteiger partial charge in [-0.15, -0.1) is 0 Å². The Balaban J connectivity index is 1.97. The molecule has 4 rings (SSSR count). The van der Waals surface area contributed by atoms with Crippen molar-refractivity contribution >= 4 is 11.2 Å². The van der Waals surface area contributed by atoms with Gasteiger partial charge in [-0.2, -0.15) is 4.68 Å². The summed E-state index contributed by atoms with van der Waals surface area (Å²) in [6.45, 7) is 5.12. The lowest BCUT2D eigenvalue weighted by Crippen LogP contribution is -2.44. The van der Waals surface area contributed by atoms with Gasteiger partial charge in [0.2, 0.25) is 0 Å². The smallest absolute Gasteiger partial charge is 0.354 e. The lowest BCUT2D eigenvalue weighted by Gasteiger charge is -2.24. The van der Waals surface area contributed by atoms with Gasteiger partial charge in [-0.25, -0.2) is 9.18 Å². The van der Waals surface area contributed by atoms with Gasteiger partial charge in [-0.3, -0.25) is 9.20 Å². The number of anilines is 1. The van der Waals surface area contributed by atoms with E-state index in [1.165, 1.54) is 4.40 Å². The quantitative estimate of drug-likeness (QED) is 0.783. The fourth-order valence-electron chi connectivity index (χ4n) is 4.18. The first kappa shape index (κ1) is 17.1. The van der Waals surface area contributed by atoms with E-state index < -0.39 is 17.1 Å². The Kier molecular flexibility index (Phi) is 3.83. The normalized spacial score (nSPS) is 21.5. The van der Waals surface area contributed by atoms with E-state index in [1.807, 2.05) is 11.8 Å². The van der Waals surface area contributed by atoms with Gasteiger partial charge >= 0.3 is 5.69 Å². The second-order valence-corrected chi connectivity index (χ2v) is 7.67. The van der Waals surface area contributed by atoms with Gasteiger partial charge in [0.1, 0.15) is 0 Å². The summed E-state index contributed by atoms with van der Waals surface area (Å²) in [4.78, 5) is 27.0. The minimum atomic E-state index is -0.724. The van der Waals surface area contributed by atoms with Gasteiger partial charge in [-0.1, -0.05) is 0 Å². The van der Waals surface area contributed by atoms with Gasteiger partial charge < -0.3 is 16.5 Å². The second-order valence-electron chi connectivity index (χ2n) is 7.67. The molecule has 3 heterocycles. The fraction of sp³-hybridized carbons (Fsp3) is 0.556. The van der Waals surface area contributed by atoms with E-state index in [1.54, 1.807) is 6.92 Å². The third-order valence-electron chi connectivity index (χ3n) is 5.81. The van der Waals surface area contributed by atoms with Crippen molar-refractivity contribution in [2.75, 3.05) is 23.8 Å². The van der Waals surface area contributed by atoms with E-state index in [2.05, 4.69) is 0 Å². The van der Waals surface area contributed by atoms with Crippen molar-refractivity contribution in [3.05, 3.63) is 44.0 Å². The summed E-state index contributed by atoms with van der Waals surface area (Å²) in [5.41, 5.74) is 6.91. The molecular weight excluding hydrogens is 337 g/mol. The zero-order valence-electron chi connectivity index (χ0n) is 15.0. The number of fused-ring (bicyclic) bond motifs is 1. The average Bonchev–Trinajstić information content (AvgIpc) is 3.30. The molecule has 1 aliphatic carbocycles. The van der Waals surface area contributed by atoms with Crippen LogP contribution in [0.5, 0.6) is 0 Å². The molecule has 0 unspecified atom stereocenters. The summed E-state index contributed by atoms with van der Waals surface area (Å²) in [6, 6.07) is 0.0397. The molecule has 0 radical (unpaired) electrons. The van der Waals surface area contributed by atoms with Crippen LogP contribution in [0.3, 0.4) is 0 Å². The minimum Gasteiger partial charge on any atom is -0.368 e. The summed E-state index contributed by atoms with van der Waals surface area (Å²) < 4.78 is 16.7. The topological polar surface area (TPSA) is 98.8 Å². The SMILES string of the molecule is Cc1c(N2CC[C@H]([C@@H](C)N)C2)c(F)cn2c(=O)n(N)c(=O)c(C3CC3)c12. The molecule has 26 heavy (non-hydrogen) atoms. The summed E-state index contributed by atoms with van der Waals surface area (Å²) >= 11 is 0. The molecular formula is C18H24FN5O2. The highest BCUT2D eigenvalue weighted by atomic mass is 19.1. The van der Waals surface area contributed by atoms with Gasteiger partial charge in [0.05, 0.1) is 17.4 Å². The van der Waals surface area contributed by atoms with E-state index in [9.17, 15) is 14.0 Å². The Morgan fingerprint density at radius 3 is 2.54 bits per heavy atom. The number of aryl methyl sites for hydroxylation is 1. The third-order valence-corrected chi connectivity index (χ3v) is 5.81. The number of rotatable bonds is 3. The molecule has 0 aromatic carbocycles. The molecule has 2 atom stereocenters. The maximum Gasteiger partial charge on any atom is 0.354 e. The minimum absolute atomic E-state index is 0.0397. The number of pyridine rings is 1. The number of nitrogens with two attached hydrogens (primary N) is 2. The number of nitrogen functional groups attached to an aromatic ring is 1. The molecule has 1 saturated carbocycles. The largest absolute Gasteiger partial charge is 0.368 e. The fourth-order valence-corrected chi connectivity index (χ4v) is 4.18. The van der Waals surface area contributed by atoms with Crippen molar-refractivity contribution in [3.8, 4) is 0 Å². The first-order valence-electron chi connectivity index (χ1n) is 9.07. The zero-order chi connectivity index (χ0) is 18.7. The Morgan fingerprint density at radius 1 is 1.27 bits per heavy atom. The molecule has 2 fully saturated rings. The standard InChI is InChI=1S/C18H24FN5O2/c1-9-15(22-6-5-12(7-22)10(2)20)13(19)8-23-16(9)14(11-3-4-11)17(25)24(21)18(23)26/h8,10-12H,3-7,20-21H2,1-2H3/t10-,12+/m1/s1. The molecule has 0 spiro atoms. The highest BCUT2D eigenvalue weighted by molar-refractivity contribution is 5.72. The number of halogens is 1. The van der Waals surface area contributed by atoms with E-state index in [4.69, 9.17) is 11.6 Å². The predicted octanol–water partition coefficient (Wildman–Crippen LogP) is 0.673. The van der Waals surface area contributed by atoms with Crippen LogP contribution in [0.15, 0.2) is 15.8 Å². The summed E-state index contributed by atoms with van der Waals surface area (Å²) in [6.07, 6.45) is 3.82. The maximum atomic E-state index is 15.0. The van der Waals surface area contributed by atoms with Crippen LogP contribution in [0.1, 0.15) is 43.2 Å². The van der Waals surface area contributed by atoms with Crippen LogP contribution in [-0.4, -0.2) is 28.2 Å². The molecule has 2 aromatic rings. The third kappa shape index (κ3) is 2.43. The molecule has 4 N–H and O–H groups in total. The van der Waals surface area contributed by atoms with Crippen molar-refractivity contribution in [3.63, 3.8) is 0 Å². The Morgan fingerprint density at radius 2 is 1.96 bits per heavy atom. The van der Waals surface area contributed by atoms with Crippen molar-refractivity contribution in [2.45, 2.75) is 45.1 Å². The van der Waals surface area contributed by atoms with Crippen molar-refractivity contribution in [1.82, 2.24) is 9.08 Å². The molecule has 0 bridgehead atoms. The molecule has 1 saturated heterocycles. The van der Waals surface area contributed by atoms with E-state index in [0.29, 0.717) is 46.0 Å². The first-order valence-corrected chi connectivity index (χ1v) is 9.07. The molecule has 1 aliphatic heterocycles. The van der Waals surface area contributed by atoms with E-state index in [-0.39, 0.29) is 12.0 Å². The van der Waals surface area contributed by atoms with Crippen molar-refractivity contribution in [1.29, 1.82) is 0 Å². The number of hydrogen-bond donors (Lipinski definition) is 2. The van der Waals surface area contributed by atoms with Crippen LogP contribution < -0.4 is 27.7 Å². The van der Waals surface area contributed by atoms with Gasteiger partial charge in [0.15, 0.2) is 5.82 Å². The summed E-state index contributed by atoms with van der Waals surface area (Å²) in [5.74, 6) is 5.55. The number of nitrogens with zero attached hydrogens (tertiary/aromatic N) is 3. The molecule has 140 valence electrons. The van der Waals surface area contributed by atoms with Crippen LogP contribution >= 0.6 is 0 Å². The van der Waals surface area contributed by atoms with Crippen LogP contribution in [0.2, 0.25) is 0 Å². The van der Waals surface area contributed by atoms with Gasteiger partial charge in [0, 0.05) is 30.3 Å². The predicted molar refractivity (Wildman–Crippen MR) is 98.7 cm³/mol. The Hall–Kier alpha value is -2.35. The Bertz CT molecular complexity index is 1010. The van der Waals surface area contributed by atoms with Crippen molar-refractivity contribution in [2.24, 2.45) is 11.7 Å². The lowest BCUT2D eigenvalue weighted by molar-refractivity contribution is 0.487. The molecule has 7 nitrogen and oxygen atoms in total. The average molecular weight is 361 g/mol. The second kappa shape index (κ2) is 5.84. The van der Waals surface area contributed by atoms with Crippen LogP contribution in [0.25, 0.3) is 5.52 Å².